The van der Waals surface area contributed by atoms with E-state index in [9.17, 15) is 17.2 Å². The fourth-order valence-corrected chi connectivity index (χ4v) is 5.34. The summed E-state index contributed by atoms with van der Waals surface area (Å²) in [5, 5.41) is -0.762. The number of benzene rings is 1. The van der Waals surface area contributed by atoms with Crippen LogP contribution in [0.25, 0.3) is 0 Å². The van der Waals surface area contributed by atoms with E-state index in [1.807, 2.05) is 0 Å². The SMILES string of the molecule is CCS(=O)(=O)C1CSCCN1c1ccc(N)cc1C(F)F. The number of nitrogens with zero attached hydrogens (tertiary/aromatic N) is 1. The minimum atomic E-state index is -3.34. The van der Waals surface area contributed by atoms with Gasteiger partial charge in [-0.3, -0.25) is 0 Å². The van der Waals surface area contributed by atoms with Crippen LogP contribution in [-0.4, -0.2) is 37.6 Å². The molecule has 8 heteroatoms. The molecule has 0 spiro atoms. The fraction of sp³-hybridized carbons (Fsp3) is 0.538. The zero-order valence-corrected chi connectivity index (χ0v) is 13.3. The van der Waals surface area contributed by atoms with Gasteiger partial charge in [-0.25, -0.2) is 17.2 Å². The Balaban J connectivity index is 2.47. The summed E-state index contributed by atoms with van der Waals surface area (Å²) >= 11 is 1.53. The zero-order valence-electron chi connectivity index (χ0n) is 11.6. The van der Waals surface area contributed by atoms with Gasteiger partial charge in [-0.15, -0.1) is 0 Å². The Labute approximate surface area is 127 Å². The van der Waals surface area contributed by atoms with Gasteiger partial charge in [-0.1, -0.05) is 6.92 Å². The monoisotopic (exact) mass is 336 g/mol. The van der Waals surface area contributed by atoms with E-state index in [2.05, 4.69) is 0 Å². The first kappa shape index (κ1) is 16.4. The summed E-state index contributed by atoms with van der Waals surface area (Å²) in [6.45, 7) is 2.00. The van der Waals surface area contributed by atoms with Crippen LogP contribution in [-0.2, 0) is 9.84 Å². The Kier molecular flexibility index (Phi) is 4.98. The summed E-state index contributed by atoms with van der Waals surface area (Å²) in [5.41, 5.74) is 5.87. The maximum absolute atomic E-state index is 13.2. The van der Waals surface area contributed by atoms with E-state index in [1.165, 1.54) is 30.0 Å². The number of hydrogen-bond donors (Lipinski definition) is 1. The second-order valence-corrected chi connectivity index (χ2v) is 8.39. The third-order valence-electron chi connectivity index (χ3n) is 3.50. The number of halogens is 2. The molecule has 1 saturated heterocycles. The molecular formula is C13H18F2N2O2S2. The molecular weight excluding hydrogens is 318 g/mol. The Morgan fingerprint density at radius 3 is 2.81 bits per heavy atom. The molecule has 1 aromatic rings. The summed E-state index contributed by atoms with van der Waals surface area (Å²) in [5.74, 6) is 1.10. The summed E-state index contributed by atoms with van der Waals surface area (Å²) < 4.78 is 50.9. The molecule has 1 unspecified atom stereocenters. The highest BCUT2D eigenvalue weighted by molar-refractivity contribution is 8.01. The van der Waals surface area contributed by atoms with Crippen molar-refractivity contribution in [2.45, 2.75) is 18.7 Å². The molecule has 1 heterocycles. The predicted molar refractivity (Wildman–Crippen MR) is 83.7 cm³/mol. The molecule has 1 atom stereocenters. The number of nitrogen functional groups attached to an aromatic ring is 1. The summed E-state index contributed by atoms with van der Waals surface area (Å²) in [7, 11) is -3.34. The van der Waals surface area contributed by atoms with Crippen LogP contribution in [0, 0.1) is 0 Å². The Morgan fingerprint density at radius 2 is 2.19 bits per heavy atom. The van der Waals surface area contributed by atoms with Crippen molar-refractivity contribution in [1.29, 1.82) is 0 Å². The molecule has 0 saturated carbocycles. The largest absolute Gasteiger partial charge is 0.399 e. The lowest BCUT2D eigenvalue weighted by Gasteiger charge is -2.37. The van der Waals surface area contributed by atoms with Crippen LogP contribution in [0.15, 0.2) is 18.2 Å². The second-order valence-electron chi connectivity index (χ2n) is 4.79. The average Bonchev–Trinajstić information content (AvgIpc) is 2.47. The lowest BCUT2D eigenvalue weighted by atomic mass is 10.1. The molecule has 21 heavy (non-hydrogen) atoms. The Hall–Kier alpha value is -1.02. The van der Waals surface area contributed by atoms with Gasteiger partial charge in [0.15, 0.2) is 9.84 Å². The third-order valence-corrected chi connectivity index (χ3v) is 6.79. The van der Waals surface area contributed by atoms with Gasteiger partial charge >= 0.3 is 0 Å². The minimum absolute atomic E-state index is 0.00624. The van der Waals surface area contributed by atoms with Gasteiger partial charge in [0.05, 0.1) is 0 Å². The molecule has 4 nitrogen and oxygen atoms in total. The van der Waals surface area contributed by atoms with Crippen molar-refractivity contribution in [2.24, 2.45) is 0 Å². The molecule has 0 radical (unpaired) electrons. The van der Waals surface area contributed by atoms with Crippen molar-refractivity contribution in [3.63, 3.8) is 0 Å². The highest BCUT2D eigenvalue weighted by atomic mass is 32.2. The number of alkyl halides is 2. The van der Waals surface area contributed by atoms with Gasteiger partial charge in [0.25, 0.3) is 6.43 Å². The van der Waals surface area contributed by atoms with E-state index in [0.717, 1.165) is 0 Å². The molecule has 118 valence electrons. The van der Waals surface area contributed by atoms with Crippen LogP contribution in [0.5, 0.6) is 0 Å². The summed E-state index contributed by atoms with van der Waals surface area (Å²) in [6.07, 6.45) is -2.69. The summed E-state index contributed by atoms with van der Waals surface area (Å²) in [6, 6.07) is 4.24. The molecule has 0 bridgehead atoms. The van der Waals surface area contributed by atoms with Crippen LogP contribution in [0.1, 0.15) is 18.9 Å². The highest BCUT2D eigenvalue weighted by Gasteiger charge is 2.34. The summed E-state index contributed by atoms with van der Waals surface area (Å²) in [4.78, 5) is 1.58. The van der Waals surface area contributed by atoms with E-state index in [0.29, 0.717) is 18.1 Å². The maximum atomic E-state index is 13.2. The van der Waals surface area contributed by atoms with Gasteiger partial charge in [0.2, 0.25) is 0 Å². The van der Waals surface area contributed by atoms with Crippen LogP contribution < -0.4 is 10.6 Å². The van der Waals surface area contributed by atoms with Gasteiger partial charge in [-0.05, 0) is 18.2 Å². The topological polar surface area (TPSA) is 63.4 Å². The highest BCUT2D eigenvalue weighted by Crippen LogP contribution is 2.35. The second kappa shape index (κ2) is 6.39. The van der Waals surface area contributed by atoms with Crippen LogP contribution in [0.2, 0.25) is 0 Å². The van der Waals surface area contributed by atoms with Crippen LogP contribution in [0.3, 0.4) is 0 Å². The molecule has 0 aliphatic carbocycles. The Morgan fingerprint density at radius 1 is 1.48 bits per heavy atom. The lowest BCUT2D eigenvalue weighted by Crippen LogP contribution is -2.48. The molecule has 0 aromatic heterocycles. The number of thioether (sulfide) groups is 1. The quantitative estimate of drug-likeness (QED) is 0.856. The molecule has 1 fully saturated rings. The van der Waals surface area contributed by atoms with E-state index in [1.54, 1.807) is 11.8 Å². The van der Waals surface area contributed by atoms with Crippen molar-refractivity contribution in [2.75, 3.05) is 34.4 Å². The van der Waals surface area contributed by atoms with Crippen molar-refractivity contribution in [3.8, 4) is 0 Å². The van der Waals surface area contributed by atoms with Gasteiger partial charge in [-0.2, -0.15) is 11.8 Å². The van der Waals surface area contributed by atoms with Crippen molar-refractivity contribution in [1.82, 2.24) is 0 Å². The van der Waals surface area contributed by atoms with Crippen LogP contribution in [0.4, 0.5) is 20.2 Å². The normalized spacial score (nSPS) is 20.0. The molecule has 2 rings (SSSR count). The standard InChI is InChI=1S/C13H18F2N2O2S2/c1-2-21(18,19)12-8-20-6-5-17(12)11-4-3-9(16)7-10(11)13(14)15/h3-4,7,12-13H,2,5-6,8,16H2,1H3. The number of hydrogen-bond acceptors (Lipinski definition) is 5. The van der Waals surface area contributed by atoms with E-state index < -0.39 is 21.6 Å². The average molecular weight is 336 g/mol. The molecule has 1 aliphatic heterocycles. The number of rotatable bonds is 4. The van der Waals surface area contributed by atoms with Crippen molar-refractivity contribution < 1.29 is 17.2 Å². The predicted octanol–water partition coefficient (Wildman–Crippen LogP) is 2.52. The van der Waals surface area contributed by atoms with Gasteiger partial charge < -0.3 is 10.6 Å². The van der Waals surface area contributed by atoms with E-state index >= 15 is 0 Å². The van der Waals surface area contributed by atoms with Crippen molar-refractivity contribution in [3.05, 3.63) is 23.8 Å². The zero-order chi connectivity index (χ0) is 15.6. The number of sulfone groups is 1. The molecule has 2 N–H and O–H groups in total. The number of anilines is 2. The third kappa shape index (κ3) is 3.42. The maximum Gasteiger partial charge on any atom is 0.265 e. The van der Waals surface area contributed by atoms with Crippen LogP contribution >= 0.6 is 11.8 Å². The smallest absolute Gasteiger partial charge is 0.265 e. The molecule has 1 aliphatic rings. The van der Waals surface area contributed by atoms with Gasteiger partial charge in [0.1, 0.15) is 5.37 Å². The van der Waals surface area contributed by atoms with E-state index in [4.69, 9.17) is 5.73 Å². The van der Waals surface area contributed by atoms with Crippen molar-refractivity contribution >= 4 is 33.0 Å². The van der Waals surface area contributed by atoms with Gasteiger partial charge in [0, 0.05) is 40.7 Å². The van der Waals surface area contributed by atoms with E-state index in [-0.39, 0.29) is 22.7 Å². The molecule has 0 amide bonds. The minimum Gasteiger partial charge on any atom is -0.399 e. The first-order valence-electron chi connectivity index (χ1n) is 6.60. The lowest BCUT2D eigenvalue weighted by molar-refractivity contribution is 0.152. The fourth-order valence-electron chi connectivity index (χ4n) is 2.36. The first-order valence-corrected chi connectivity index (χ1v) is 9.47. The first-order chi connectivity index (χ1) is 9.86. The molecule has 1 aromatic carbocycles. The Bertz CT molecular complexity index is 608. The number of nitrogens with two attached hydrogens (primary N) is 1.